The van der Waals surface area contributed by atoms with Gasteiger partial charge in [0.1, 0.15) is 6.33 Å². The van der Waals surface area contributed by atoms with E-state index in [2.05, 4.69) is 40.9 Å². The van der Waals surface area contributed by atoms with Crippen molar-refractivity contribution < 1.29 is 4.79 Å². The lowest BCUT2D eigenvalue weighted by atomic mass is 10.1. The summed E-state index contributed by atoms with van der Waals surface area (Å²) in [5.41, 5.74) is 9.36. The number of nitrogens with zero attached hydrogens (tertiary/aromatic N) is 6. The first-order valence-corrected chi connectivity index (χ1v) is 6.18. The van der Waals surface area contributed by atoms with Crippen LogP contribution in [-0.2, 0) is 0 Å². The van der Waals surface area contributed by atoms with Crippen LogP contribution in [0.4, 0.5) is 0 Å². The highest BCUT2D eigenvalue weighted by atomic mass is 79.9. The molecule has 0 aliphatic rings. The molecule has 0 saturated carbocycles. The maximum absolute atomic E-state index is 12.3. The van der Waals surface area contributed by atoms with Crippen LogP contribution in [0.3, 0.4) is 0 Å². The van der Waals surface area contributed by atoms with Gasteiger partial charge in [-0.3, -0.25) is 9.78 Å². The van der Waals surface area contributed by atoms with Crippen molar-refractivity contribution >= 4 is 27.8 Å². The molecule has 0 N–H and O–H groups in total. The zero-order valence-electron chi connectivity index (χ0n) is 10.0. The summed E-state index contributed by atoms with van der Waals surface area (Å²) in [7, 11) is 0. The molecule has 0 aliphatic heterocycles. The standard InChI is InChI=1S/C12H7BrN6O/c13-10-6-15-4-2-9(10)12(20)11(18-19-14)5-8-1-3-16-7-17-8/h1-7H. The van der Waals surface area contributed by atoms with Crippen molar-refractivity contribution in [2.75, 3.05) is 0 Å². The molecule has 0 aromatic carbocycles. The van der Waals surface area contributed by atoms with Gasteiger partial charge in [0.25, 0.3) is 0 Å². The fourth-order valence-electron chi connectivity index (χ4n) is 1.41. The van der Waals surface area contributed by atoms with Gasteiger partial charge in [-0.15, -0.1) is 0 Å². The first-order chi connectivity index (χ1) is 9.72. The van der Waals surface area contributed by atoms with Crippen molar-refractivity contribution in [3.05, 3.63) is 68.9 Å². The van der Waals surface area contributed by atoms with Crippen molar-refractivity contribution in [2.24, 2.45) is 5.11 Å². The zero-order chi connectivity index (χ0) is 14.4. The lowest BCUT2D eigenvalue weighted by Crippen LogP contribution is -2.03. The van der Waals surface area contributed by atoms with Crippen LogP contribution in [0, 0.1) is 0 Å². The minimum atomic E-state index is -0.421. The second-order valence-corrected chi connectivity index (χ2v) is 4.39. The number of pyridine rings is 1. The molecule has 8 heteroatoms. The Bertz CT molecular complexity index is 709. The number of hydrogen-bond acceptors (Lipinski definition) is 5. The van der Waals surface area contributed by atoms with E-state index in [9.17, 15) is 4.79 Å². The molecule has 0 atom stereocenters. The molecule has 2 aromatic rings. The maximum Gasteiger partial charge on any atom is 0.196 e. The van der Waals surface area contributed by atoms with Crippen LogP contribution in [0.15, 0.2) is 52.3 Å². The number of aromatic nitrogens is 3. The Morgan fingerprint density at radius 2 is 2.15 bits per heavy atom. The summed E-state index contributed by atoms with van der Waals surface area (Å²) >= 11 is 3.23. The molecular weight excluding hydrogens is 324 g/mol. The third-order valence-corrected chi connectivity index (χ3v) is 2.92. The van der Waals surface area contributed by atoms with E-state index in [1.165, 1.54) is 37.1 Å². The molecule has 2 heterocycles. The summed E-state index contributed by atoms with van der Waals surface area (Å²) in [6.07, 6.45) is 7.24. The number of carbonyl (C=O) groups excluding carboxylic acids is 1. The molecule has 0 bridgehead atoms. The van der Waals surface area contributed by atoms with E-state index in [4.69, 9.17) is 5.53 Å². The Balaban J connectivity index is 2.45. The second-order valence-electron chi connectivity index (χ2n) is 3.54. The van der Waals surface area contributed by atoms with Crippen LogP contribution >= 0.6 is 15.9 Å². The van der Waals surface area contributed by atoms with Gasteiger partial charge in [0.15, 0.2) is 5.78 Å². The van der Waals surface area contributed by atoms with Crippen molar-refractivity contribution in [2.45, 2.75) is 0 Å². The van der Waals surface area contributed by atoms with Gasteiger partial charge in [-0.25, -0.2) is 9.97 Å². The van der Waals surface area contributed by atoms with E-state index in [1.54, 1.807) is 6.07 Å². The Hall–Kier alpha value is -2.57. The Morgan fingerprint density at radius 1 is 1.35 bits per heavy atom. The Kier molecular flexibility index (Phi) is 4.54. The quantitative estimate of drug-likeness (QED) is 0.282. The molecular formula is C12H7BrN6O. The first-order valence-electron chi connectivity index (χ1n) is 5.39. The van der Waals surface area contributed by atoms with Crippen molar-refractivity contribution in [3.63, 3.8) is 0 Å². The summed E-state index contributed by atoms with van der Waals surface area (Å²) in [5, 5.41) is 3.43. The third-order valence-electron chi connectivity index (χ3n) is 2.29. The number of rotatable bonds is 4. The highest BCUT2D eigenvalue weighted by Crippen LogP contribution is 2.20. The number of carbonyl (C=O) groups is 1. The van der Waals surface area contributed by atoms with Crippen LogP contribution in [0.1, 0.15) is 16.1 Å². The van der Waals surface area contributed by atoms with Crippen molar-refractivity contribution in [1.82, 2.24) is 15.0 Å². The Morgan fingerprint density at radius 3 is 2.80 bits per heavy atom. The van der Waals surface area contributed by atoms with E-state index in [0.717, 1.165) is 0 Å². The largest absolute Gasteiger partial charge is 0.289 e. The number of allylic oxidation sites excluding steroid dienone is 1. The second kappa shape index (κ2) is 6.55. The van der Waals surface area contributed by atoms with E-state index in [0.29, 0.717) is 15.7 Å². The van der Waals surface area contributed by atoms with E-state index in [1.807, 2.05) is 0 Å². The zero-order valence-corrected chi connectivity index (χ0v) is 11.6. The van der Waals surface area contributed by atoms with Crippen LogP contribution in [0.25, 0.3) is 16.5 Å². The van der Waals surface area contributed by atoms with Gasteiger partial charge in [0.2, 0.25) is 0 Å². The monoisotopic (exact) mass is 330 g/mol. The summed E-state index contributed by atoms with van der Waals surface area (Å²) in [6, 6.07) is 3.13. The van der Waals surface area contributed by atoms with Gasteiger partial charge >= 0.3 is 0 Å². The number of Topliss-reactive ketones (excluding diaryl/α,β-unsaturated/α-hetero) is 1. The predicted octanol–water partition coefficient (Wildman–Crippen LogP) is 3.17. The topological polar surface area (TPSA) is 105 Å². The first kappa shape index (κ1) is 13.9. The Labute approximate surface area is 122 Å². The molecule has 0 saturated heterocycles. The number of halogens is 1. The molecule has 0 radical (unpaired) electrons. The minimum Gasteiger partial charge on any atom is -0.289 e. The van der Waals surface area contributed by atoms with E-state index >= 15 is 0 Å². The smallest absolute Gasteiger partial charge is 0.196 e. The molecule has 7 nitrogen and oxygen atoms in total. The average molecular weight is 331 g/mol. The molecule has 2 rings (SSSR count). The normalized spacial score (nSPS) is 10.8. The number of ketones is 1. The summed E-state index contributed by atoms with van der Waals surface area (Å²) in [5.74, 6) is -0.421. The molecule has 2 aromatic heterocycles. The van der Waals surface area contributed by atoms with Crippen LogP contribution in [0.5, 0.6) is 0 Å². The maximum atomic E-state index is 12.3. The summed E-state index contributed by atoms with van der Waals surface area (Å²) in [6.45, 7) is 0. The molecule has 0 unspecified atom stereocenters. The SMILES string of the molecule is [N-]=[N+]=NC(=Cc1ccncn1)C(=O)c1ccncc1Br. The number of hydrogen-bond donors (Lipinski definition) is 0. The van der Waals surface area contributed by atoms with Crippen molar-refractivity contribution in [1.29, 1.82) is 0 Å². The van der Waals surface area contributed by atoms with E-state index < -0.39 is 5.78 Å². The highest BCUT2D eigenvalue weighted by Gasteiger charge is 2.14. The molecule has 0 aliphatic carbocycles. The lowest BCUT2D eigenvalue weighted by Gasteiger charge is -2.03. The average Bonchev–Trinajstić information content (AvgIpc) is 2.48. The van der Waals surface area contributed by atoms with Gasteiger partial charge in [-0.2, -0.15) is 0 Å². The number of azide groups is 1. The van der Waals surface area contributed by atoms with E-state index in [-0.39, 0.29) is 5.70 Å². The summed E-state index contributed by atoms with van der Waals surface area (Å²) in [4.78, 5) is 26.6. The fourth-order valence-corrected chi connectivity index (χ4v) is 1.84. The lowest BCUT2D eigenvalue weighted by molar-refractivity contribution is 0.103. The van der Waals surface area contributed by atoms with Crippen molar-refractivity contribution in [3.8, 4) is 0 Å². The third kappa shape index (κ3) is 3.25. The van der Waals surface area contributed by atoms with Gasteiger partial charge in [0, 0.05) is 33.5 Å². The van der Waals surface area contributed by atoms with Gasteiger partial charge in [-0.1, -0.05) is 5.11 Å². The summed E-state index contributed by atoms with van der Waals surface area (Å²) < 4.78 is 0.520. The highest BCUT2D eigenvalue weighted by molar-refractivity contribution is 9.10. The minimum absolute atomic E-state index is 0.0573. The van der Waals surface area contributed by atoms with Gasteiger partial charge in [-0.05, 0) is 39.7 Å². The molecule has 20 heavy (non-hydrogen) atoms. The molecule has 0 amide bonds. The molecule has 0 spiro atoms. The van der Waals surface area contributed by atoms with Crippen LogP contribution in [-0.4, -0.2) is 20.7 Å². The van der Waals surface area contributed by atoms with Gasteiger partial charge in [0.05, 0.1) is 11.4 Å². The molecule has 98 valence electrons. The fraction of sp³-hybridized carbons (Fsp3) is 0. The van der Waals surface area contributed by atoms with Gasteiger partial charge < -0.3 is 0 Å². The molecule has 0 fully saturated rings. The predicted molar refractivity (Wildman–Crippen MR) is 75.4 cm³/mol. The van der Waals surface area contributed by atoms with Crippen LogP contribution in [0.2, 0.25) is 0 Å². The van der Waals surface area contributed by atoms with Crippen LogP contribution < -0.4 is 0 Å².